The number of pyridine rings is 1. The Morgan fingerprint density at radius 2 is 1.06 bits per heavy atom. The summed E-state index contributed by atoms with van der Waals surface area (Å²) in [6, 6.07) is 14.9. The zero-order valence-corrected chi connectivity index (χ0v) is 18.0. The summed E-state index contributed by atoms with van der Waals surface area (Å²) in [6.07, 6.45) is 2.14. The Kier molecular flexibility index (Phi) is 1.64. The molecule has 12 rings (SSSR count). The molecule has 0 aliphatic heterocycles. The van der Waals surface area contributed by atoms with E-state index in [-0.39, 0.29) is 0 Å². The summed E-state index contributed by atoms with van der Waals surface area (Å²) in [7, 11) is 0. The topological polar surface area (TPSA) is 15.8 Å². The lowest BCUT2D eigenvalue weighted by Crippen LogP contribution is -1.97. The molecule has 2 bridgehead atoms. The fourth-order valence-corrected chi connectivity index (χ4v) is 9.14. The van der Waals surface area contributed by atoms with Crippen LogP contribution in [0.5, 0.6) is 0 Å². The average Bonchev–Trinajstić information content (AvgIpc) is 3.51. The van der Waals surface area contributed by atoms with Crippen LogP contribution in [0.1, 0.15) is 46.2 Å². The predicted molar refractivity (Wildman–Crippen MR) is 139 cm³/mol. The van der Waals surface area contributed by atoms with Crippen molar-refractivity contribution in [3.63, 3.8) is 0 Å². The number of aromatic amines is 1. The minimum absolute atomic E-state index is 0.500. The van der Waals surface area contributed by atoms with Crippen molar-refractivity contribution in [2.24, 2.45) is 0 Å². The van der Waals surface area contributed by atoms with Crippen molar-refractivity contribution in [3.05, 3.63) is 69.8 Å². The number of nitrogens with one attached hydrogen (secondary N) is 1. The third-order valence-electron chi connectivity index (χ3n) is 10.1. The van der Waals surface area contributed by atoms with E-state index in [2.05, 4.69) is 48.3 Å². The van der Waals surface area contributed by atoms with E-state index < -0.39 is 0 Å². The van der Waals surface area contributed by atoms with Gasteiger partial charge >= 0.3 is 0 Å². The van der Waals surface area contributed by atoms with Gasteiger partial charge in [-0.3, -0.25) is 0 Å². The van der Waals surface area contributed by atoms with E-state index in [4.69, 9.17) is 0 Å². The van der Waals surface area contributed by atoms with Crippen LogP contribution in [0.15, 0.2) is 36.4 Å². The van der Waals surface area contributed by atoms with Gasteiger partial charge in [0.25, 0.3) is 0 Å². The maximum Gasteiger partial charge on any atom is 0.0554 e. The Hall–Kier alpha value is -3.84. The number of hydrogen-bond acceptors (Lipinski definition) is 0. The normalized spacial score (nSPS) is 18.5. The van der Waals surface area contributed by atoms with E-state index >= 15 is 0 Å². The van der Waals surface area contributed by atoms with Crippen LogP contribution in [0.3, 0.4) is 0 Å². The highest BCUT2D eigenvalue weighted by atomic mass is 14.7. The van der Waals surface area contributed by atoms with Crippen molar-refractivity contribution >= 4 is 86.4 Å². The molecule has 1 N–H and O–H groups in total. The lowest BCUT2D eigenvalue weighted by Gasteiger charge is -2.20. The van der Waals surface area contributed by atoms with Crippen LogP contribution in [-0.2, 0) is 12.8 Å². The van der Waals surface area contributed by atoms with Gasteiger partial charge in [-0.2, -0.15) is 0 Å². The second-order valence-electron chi connectivity index (χ2n) is 11.3. The zero-order chi connectivity index (χ0) is 20.6. The molecule has 1 atom stereocenters. The molecule has 9 aromatic rings. The molecule has 0 radical (unpaired) electrons. The highest BCUT2D eigenvalue weighted by Gasteiger charge is 2.38. The van der Waals surface area contributed by atoms with Gasteiger partial charge in [-0.25, -0.2) is 0 Å². The van der Waals surface area contributed by atoms with Gasteiger partial charge < -0.3 is 4.98 Å². The third kappa shape index (κ3) is 1.09. The van der Waals surface area contributed by atoms with Gasteiger partial charge in [0.2, 0.25) is 0 Å². The van der Waals surface area contributed by atoms with Gasteiger partial charge in [-0.05, 0) is 101 Å². The van der Waals surface area contributed by atoms with Crippen LogP contribution in [0.2, 0.25) is 0 Å². The van der Waals surface area contributed by atoms with Crippen molar-refractivity contribution in [3.8, 4) is 0 Å². The summed E-state index contributed by atoms with van der Waals surface area (Å²) in [5.41, 5.74) is 12.1. The van der Waals surface area contributed by atoms with Crippen LogP contribution in [0.25, 0.3) is 86.4 Å². The second-order valence-corrected chi connectivity index (χ2v) is 11.3. The van der Waals surface area contributed by atoms with Crippen molar-refractivity contribution in [2.45, 2.75) is 25.7 Å². The Labute approximate surface area is 186 Å². The van der Waals surface area contributed by atoms with Crippen LogP contribution >= 0.6 is 0 Å². The maximum absolute atomic E-state index is 4.03. The van der Waals surface area contributed by atoms with E-state index in [1.165, 1.54) is 49.1 Å². The average molecular weight is 413 g/mol. The first-order chi connectivity index (χ1) is 16.3. The zero-order valence-electron chi connectivity index (χ0n) is 18.0. The molecule has 1 nitrogen and oxygen atoms in total. The number of aromatic nitrogens is 1. The molecule has 7 aromatic carbocycles. The van der Waals surface area contributed by atoms with Gasteiger partial charge in [0.05, 0.1) is 11.0 Å². The Morgan fingerprint density at radius 1 is 0.515 bits per heavy atom. The second kappa shape index (κ2) is 3.78. The molecule has 3 aliphatic rings. The van der Waals surface area contributed by atoms with E-state index in [0.717, 1.165) is 12.8 Å². The van der Waals surface area contributed by atoms with Gasteiger partial charge in [-0.15, -0.1) is 0 Å². The van der Waals surface area contributed by atoms with Crippen LogP contribution < -0.4 is 0 Å². The minimum atomic E-state index is 0.500. The minimum Gasteiger partial charge on any atom is -0.353 e. The fraction of sp³-hybridized carbons (Fsp3) is 0.125. The first kappa shape index (κ1) is 14.3. The number of rotatable bonds is 0. The van der Waals surface area contributed by atoms with Crippen molar-refractivity contribution in [1.29, 1.82) is 0 Å². The number of benzene rings is 6. The lowest BCUT2D eigenvalue weighted by atomic mass is 9.84. The molecule has 0 saturated heterocycles. The molecule has 0 amide bonds. The van der Waals surface area contributed by atoms with E-state index in [1.54, 1.807) is 70.7 Å². The highest BCUT2D eigenvalue weighted by Crippen LogP contribution is 2.62. The first-order valence-corrected chi connectivity index (χ1v) is 12.3. The smallest absolute Gasteiger partial charge is 0.0554 e. The molecule has 2 heterocycles. The van der Waals surface area contributed by atoms with Gasteiger partial charge in [-0.1, -0.05) is 37.3 Å². The van der Waals surface area contributed by atoms with E-state index in [0.29, 0.717) is 5.92 Å². The lowest BCUT2D eigenvalue weighted by molar-refractivity contribution is 0.955. The fourth-order valence-electron chi connectivity index (χ4n) is 9.14. The van der Waals surface area contributed by atoms with E-state index in [1.807, 2.05) is 0 Å². The molecule has 2 aromatic heterocycles. The Balaban J connectivity index is 1.69. The summed E-state index contributed by atoms with van der Waals surface area (Å²) < 4.78 is 0. The monoisotopic (exact) mass is 413 g/mol. The predicted octanol–water partition coefficient (Wildman–Crippen LogP) is 8.27. The molecular weight excluding hydrogens is 398 g/mol. The van der Waals surface area contributed by atoms with E-state index in [9.17, 15) is 0 Å². The molecule has 1 heteroatoms. The molecule has 33 heavy (non-hydrogen) atoms. The quantitative estimate of drug-likeness (QED) is 0.190. The maximum atomic E-state index is 4.03. The van der Waals surface area contributed by atoms with Crippen molar-refractivity contribution < 1.29 is 0 Å². The van der Waals surface area contributed by atoms with Gasteiger partial charge in [0.1, 0.15) is 0 Å². The van der Waals surface area contributed by atoms with Crippen LogP contribution in [-0.4, -0.2) is 4.98 Å². The summed E-state index contributed by atoms with van der Waals surface area (Å²) >= 11 is 0. The summed E-state index contributed by atoms with van der Waals surface area (Å²) in [5.74, 6) is 0.500. The third-order valence-corrected chi connectivity index (χ3v) is 10.1. The Bertz CT molecular complexity index is 2450. The molecule has 0 saturated carbocycles. The first-order valence-electron chi connectivity index (χ1n) is 12.3. The number of hydrogen-bond donors (Lipinski definition) is 1. The Morgan fingerprint density at radius 3 is 1.82 bits per heavy atom. The van der Waals surface area contributed by atoms with Crippen molar-refractivity contribution in [2.75, 3.05) is 0 Å². The van der Waals surface area contributed by atoms with Crippen molar-refractivity contribution in [1.82, 2.24) is 4.98 Å². The van der Waals surface area contributed by atoms with Crippen LogP contribution in [0, 0.1) is 0 Å². The molecule has 3 aliphatic carbocycles. The van der Waals surface area contributed by atoms with Crippen LogP contribution in [0.4, 0.5) is 0 Å². The molecule has 0 fully saturated rings. The molecular formula is C32H15N. The largest absolute Gasteiger partial charge is 0.353 e. The molecule has 0 spiro atoms. The molecule has 148 valence electrons. The van der Waals surface area contributed by atoms with Gasteiger partial charge in [0.15, 0.2) is 0 Å². The SMILES string of the molecule is CC1c2cc3c4c5c(cc6ccc7cc8c9c%10c(cc1c1c2c4c(c1%10)c1c5[nH]c6c7c91)C8)C3. The van der Waals surface area contributed by atoms with Gasteiger partial charge in [0, 0.05) is 32.8 Å². The standard InChI is InChI=1S/C32H15N/c1-10-17-8-15-6-13-4-11-2-3-12-5-14-7-16-9-18(10)25-24(17)27-20(15)19(13)26-22(11)31(12)33-32-23(14)21(16)28(25)29(27)30(26)32/h2-5,8-10,33H,6-7H2,1H3. The highest BCUT2D eigenvalue weighted by molar-refractivity contribution is 6.54. The summed E-state index contributed by atoms with van der Waals surface area (Å²) in [6.45, 7) is 2.45. The summed E-state index contributed by atoms with van der Waals surface area (Å²) in [4.78, 5) is 4.03. The number of H-pyrrole nitrogens is 1. The summed E-state index contributed by atoms with van der Waals surface area (Å²) in [5, 5.41) is 21.4. The molecule has 1 unspecified atom stereocenters.